The van der Waals surface area contributed by atoms with Crippen LogP contribution in [0.1, 0.15) is 0 Å². The predicted octanol–water partition coefficient (Wildman–Crippen LogP) is -18.3. The molecule has 0 rings (SSSR count). The molecule has 0 aromatic carbocycles. The number of hydrogen-bond acceptors (Lipinski definition) is 21. The molecule has 182 valence electrons. The molecule has 0 spiro atoms. The normalized spacial score (nSPS) is 5.35. The van der Waals surface area contributed by atoms with Crippen LogP contribution in [-0.4, -0.2) is 54.6 Å². The minimum atomic E-state index is -4.08. The molecule has 6 radical (unpaired) electrons. The first-order valence-corrected chi connectivity index (χ1v) is 17.7. The second kappa shape index (κ2) is 78.1. The van der Waals surface area contributed by atoms with E-state index in [2.05, 4.69) is 0 Å². The molecule has 0 aromatic rings. The molecule has 0 aliphatic carbocycles. The zero-order valence-corrected chi connectivity index (χ0v) is 43.3. The molecule has 0 bridgehead atoms. The van der Waals surface area contributed by atoms with Crippen molar-refractivity contribution in [1.29, 1.82) is 0 Å². The van der Waals surface area contributed by atoms with E-state index in [0.29, 0.717) is 0 Å². The Balaban J connectivity index is -0.0000000134. The van der Waals surface area contributed by atoms with Crippen LogP contribution in [0.4, 0.5) is 0 Å². The molecule has 34 heteroatoms. The Bertz CT molecular complexity index is 334. The van der Waals surface area contributed by atoms with Gasteiger partial charge in [0.25, 0.3) is 0 Å². The third-order valence-electron chi connectivity index (χ3n) is 0. The Morgan fingerprint density at radius 1 is 0.265 bits per heavy atom. The van der Waals surface area contributed by atoms with Crippen molar-refractivity contribution in [2.75, 3.05) is 0 Å². The maximum atomic E-state index is 8.58. The average molecular weight is 1470 g/mol. The zero-order chi connectivity index (χ0) is 25.0. The molecule has 0 atom stereocenters. The van der Waals surface area contributed by atoms with Gasteiger partial charge in [-0.05, 0) is 0 Å². The summed E-state index contributed by atoms with van der Waals surface area (Å²) in [5.74, 6) is 0. The fourth-order valence-corrected chi connectivity index (χ4v) is 0. The van der Waals surface area contributed by atoms with Crippen molar-refractivity contribution in [2.24, 2.45) is 0 Å². The van der Waals surface area contributed by atoms with Crippen LogP contribution in [0.2, 0.25) is 0 Å². The summed E-state index contributed by atoms with van der Waals surface area (Å²) in [6, 6.07) is 0. The Morgan fingerprint density at radius 2 is 0.265 bits per heavy atom. The Kier molecular flexibility index (Phi) is 193. The molecular weight excluding hydrogens is 1470 g/mol. The zero-order valence-electron chi connectivity index (χ0n) is 15.0. The van der Waals surface area contributed by atoms with Crippen LogP contribution >= 0.6 is 0 Å². The van der Waals surface area contributed by atoms with E-state index in [1.165, 1.54) is 0 Å². The SMILES string of the molecule is [La+3].[La+3].[Mn+2].[Mn+2].[O]=[Ti]([O-])[O-].[O]=[Ti]([O-])[O-].[O]=[Ti]([O-])[O-].[O]=[Ti]([O-])[O-].[O]=[Ti]([O-])[O-].[O]=[Ti]([O-])[O-].[O]=[Ti]([O-])[O-].[Pb+2].[Pb+2]. The van der Waals surface area contributed by atoms with Crippen LogP contribution in [-0.2, 0) is 188 Å². The average Bonchev–Trinajstić information content (AvgIpc) is 2.20. The van der Waals surface area contributed by atoms with Crippen molar-refractivity contribution in [1.82, 2.24) is 0 Å². The van der Waals surface area contributed by atoms with Crippen LogP contribution in [0.3, 0.4) is 0 Å². The second-order valence-electron chi connectivity index (χ2n) is 1.75. The van der Waals surface area contributed by atoms with E-state index < -0.39 is 130 Å². The molecule has 0 fully saturated rings. The standard InChI is InChI=1S/2La.2Mn.21O.2Pb.7Ti/q2*+3;2*+2;;;;;;;;14*-1;2*+2;;;;;;;. The van der Waals surface area contributed by atoms with E-state index in [9.17, 15) is 0 Å². The molecule has 0 saturated carbocycles. The second-order valence-corrected chi connectivity index (χ2v) is 7.22. The number of rotatable bonds is 0. The largest absolute Gasteiger partial charge is 2.00 e. The minimum Gasteiger partial charge on any atom is 2.00 e. The van der Waals surface area contributed by atoms with Gasteiger partial charge in [-0.1, -0.05) is 0 Å². The summed E-state index contributed by atoms with van der Waals surface area (Å²) in [4.78, 5) is 0. The van der Waals surface area contributed by atoms with E-state index >= 15 is 0 Å². The molecule has 0 aliphatic rings. The summed E-state index contributed by atoms with van der Waals surface area (Å²) < 4.78 is 180. The molecule has 21 nitrogen and oxygen atoms in total. The Hall–Kier alpha value is 8.31. The van der Waals surface area contributed by atoms with E-state index in [0.717, 1.165) is 0 Å². The molecule has 0 aliphatic heterocycles. The van der Waals surface area contributed by atoms with Gasteiger partial charge in [0.2, 0.25) is 0 Å². The van der Waals surface area contributed by atoms with E-state index in [1.54, 1.807) is 0 Å². The van der Waals surface area contributed by atoms with Gasteiger partial charge in [0.05, 0.1) is 0 Å². The Labute approximate surface area is 356 Å². The summed E-state index contributed by atoms with van der Waals surface area (Å²) in [5, 5.41) is 0. The van der Waals surface area contributed by atoms with Crippen molar-refractivity contribution >= 4 is 54.6 Å². The maximum absolute atomic E-state index is 8.58. The smallest absolute Gasteiger partial charge is 2.00 e. The van der Waals surface area contributed by atoms with Gasteiger partial charge < -0.3 is 0 Å². The van der Waals surface area contributed by atoms with Gasteiger partial charge in [0, 0.05) is 0 Å². The molecule has 0 heterocycles. The van der Waals surface area contributed by atoms with Crippen molar-refractivity contribution in [3.63, 3.8) is 0 Å². The molecular formula is La2Mn2O21Pb2Ti7. The third kappa shape index (κ3) is 902. The van der Waals surface area contributed by atoms with Crippen molar-refractivity contribution in [3.05, 3.63) is 0 Å². The maximum Gasteiger partial charge on any atom is 2.00 e. The van der Waals surface area contributed by atoms with Gasteiger partial charge in [-0.3, -0.25) is 0 Å². The molecule has 0 N–H and O–H groups in total. The molecule has 0 amide bonds. The summed E-state index contributed by atoms with van der Waals surface area (Å²) >= 11 is -28.6. The van der Waals surface area contributed by atoms with E-state index in [4.69, 9.17) is 74.9 Å². The van der Waals surface area contributed by atoms with Crippen LogP contribution in [0.25, 0.3) is 0 Å². The van der Waals surface area contributed by atoms with Crippen LogP contribution < -0.4 is 51.6 Å². The fourth-order valence-electron chi connectivity index (χ4n) is 0. The number of hydrogen-bond donors (Lipinski definition) is 0. The first-order chi connectivity index (χ1) is 12.1. The van der Waals surface area contributed by atoms with Crippen molar-refractivity contribution < 1.29 is 311 Å². The van der Waals surface area contributed by atoms with Gasteiger partial charge in [0.1, 0.15) is 0 Å². The van der Waals surface area contributed by atoms with Crippen molar-refractivity contribution in [3.8, 4) is 0 Å². The van der Waals surface area contributed by atoms with Gasteiger partial charge >= 0.3 is 365 Å². The monoisotopic (exact) mass is 1480 g/mol. The van der Waals surface area contributed by atoms with Crippen LogP contribution in [0.15, 0.2) is 0 Å². The third-order valence-corrected chi connectivity index (χ3v) is 0. The molecule has 0 saturated heterocycles. The van der Waals surface area contributed by atoms with E-state index in [-0.39, 0.29) is 160 Å². The fraction of sp³-hybridized carbons (Fsp3) is 0. The van der Waals surface area contributed by atoms with E-state index in [1.807, 2.05) is 0 Å². The summed E-state index contributed by atoms with van der Waals surface area (Å²) in [5.41, 5.74) is 0. The summed E-state index contributed by atoms with van der Waals surface area (Å²) in [6.45, 7) is 0. The minimum absolute atomic E-state index is 0. The predicted molar refractivity (Wildman–Crippen MR) is 16.3 cm³/mol. The first-order valence-electron chi connectivity index (χ1n) is 4.29. The summed E-state index contributed by atoms with van der Waals surface area (Å²) in [6.07, 6.45) is 0. The quantitative estimate of drug-likeness (QED) is 0.203. The molecule has 0 aromatic heterocycles. The van der Waals surface area contributed by atoms with Gasteiger partial charge in [-0.2, -0.15) is 0 Å². The first kappa shape index (κ1) is 84.0. The molecule has 34 heavy (non-hydrogen) atoms. The van der Waals surface area contributed by atoms with Gasteiger partial charge in [0.15, 0.2) is 0 Å². The topological polar surface area (TPSA) is 442 Å². The van der Waals surface area contributed by atoms with Crippen molar-refractivity contribution in [2.45, 2.75) is 0 Å². The van der Waals surface area contributed by atoms with Gasteiger partial charge in [-0.25, -0.2) is 0 Å². The van der Waals surface area contributed by atoms with Crippen LogP contribution in [0.5, 0.6) is 0 Å². The molecule has 0 unspecified atom stereocenters. The Morgan fingerprint density at radius 3 is 0.265 bits per heavy atom. The van der Waals surface area contributed by atoms with Gasteiger partial charge in [-0.15, -0.1) is 0 Å². The van der Waals surface area contributed by atoms with Crippen LogP contribution in [0, 0.1) is 71.2 Å². The summed E-state index contributed by atoms with van der Waals surface area (Å²) in [7, 11) is 0.